The van der Waals surface area contributed by atoms with Gasteiger partial charge in [-0.3, -0.25) is 4.79 Å². The summed E-state index contributed by atoms with van der Waals surface area (Å²) in [4.78, 5) is 24.0. The van der Waals surface area contributed by atoms with Crippen LogP contribution in [0.3, 0.4) is 0 Å². The van der Waals surface area contributed by atoms with Gasteiger partial charge >= 0.3 is 5.97 Å². The lowest BCUT2D eigenvalue weighted by Gasteiger charge is -2.20. The number of carbonyl (C=O) groups is 2. The molecule has 7 nitrogen and oxygen atoms in total. The molecule has 9 heteroatoms. The Morgan fingerprint density at radius 2 is 1.85 bits per heavy atom. The molecule has 2 atom stereocenters. The summed E-state index contributed by atoms with van der Waals surface area (Å²) < 4.78 is 26.7. The lowest BCUT2D eigenvalue weighted by molar-refractivity contribution is -0.142. The van der Waals surface area contributed by atoms with Crippen LogP contribution in [0.4, 0.5) is 0 Å². The fourth-order valence-corrected chi connectivity index (χ4v) is 4.60. The van der Waals surface area contributed by atoms with Crippen molar-refractivity contribution < 1.29 is 23.1 Å². The Labute approximate surface area is 156 Å². The number of thiophene rings is 1. The molecule has 2 rings (SSSR count). The standard InChI is InChI=1S/C17H20N2O5S2/c1-10-6-4-7-13(11(10)2)15(17(21)22)18-16(20)12(3)19-26(23,24)14-8-5-9-25-14/h4-9,12,15,19H,1-3H3,(H,18,20)(H,21,22). The van der Waals surface area contributed by atoms with Gasteiger partial charge in [0.1, 0.15) is 4.21 Å². The van der Waals surface area contributed by atoms with Crippen LogP contribution in [0.15, 0.2) is 39.9 Å². The zero-order valence-corrected chi connectivity index (χ0v) is 16.1. The number of hydrogen-bond acceptors (Lipinski definition) is 5. The molecule has 0 saturated heterocycles. The number of aliphatic carboxylic acids is 1. The normalized spacial score (nSPS) is 13.8. The van der Waals surface area contributed by atoms with Gasteiger partial charge in [-0.1, -0.05) is 24.3 Å². The number of carboxylic acids is 1. The zero-order chi connectivity index (χ0) is 19.5. The first-order valence-electron chi connectivity index (χ1n) is 7.78. The van der Waals surface area contributed by atoms with Crippen molar-refractivity contribution in [2.75, 3.05) is 0 Å². The SMILES string of the molecule is Cc1cccc(C(NC(=O)C(C)NS(=O)(=O)c2cccs2)C(=O)O)c1C. The quantitative estimate of drug-likeness (QED) is 0.662. The first-order valence-corrected chi connectivity index (χ1v) is 10.1. The second-order valence-electron chi connectivity index (χ2n) is 5.84. The molecule has 140 valence electrons. The topological polar surface area (TPSA) is 113 Å². The zero-order valence-electron chi connectivity index (χ0n) is 14.5. The smallest absolute Gasteiger partial charge is 0.330 e. The van der Waals surface area contributed by atoms with Gasteiger partial charge in [-0.15, -0.1) is 11.3 Å². The van der Waals surface area contributed by atoms with Crippen LogP contribution in [0.1, 0.15) is 29.7 Å². The largest absolute Gasteiger partial charge is 0.479 e. The molecule has 3 N–H and O–H groups in total. The van der Waals surface area contributed by atoms with Crippen molar-refractivity contribution in [3.8, 4) is 0 Å². The fourth-order valence-electron chi connectivity index (χ4n) is 2.39. The Kier molecular flexibility index (Phi) is 6.17. The predicted octanol–water partition coefficient (Wildman–Crippen LogP) is 1.97. The van der Waals surface area contributed by atoms with Crippen molar-refractivity contribution in [2.24, 2.45) is 0 Å². The Morgan fingerprint density at radius 1 is 1.15 bits per heavy atom. The van der Waals surface area contributed by atoms with Crippen LogP contribution in [-0.4, -0.2) is 31.4 Å². The van der Waals surface area contributed by atoms with Gasteiger partial charge in [0.05, 0.1) is 6.04 Å². The van der Waals surface area contributed by atoms with Crippen molar-refractivity contribution in [1.29, 1.82) is 0 Å². The van der Waals surface area contributed by atoms with E-state index in [9.17, 15) is 23.1 Å². The number of aryl methyl sites for hydroxylation is 1. The van der Waals surface area contributed by atoms with Crippen LogP contribution >= 0.6 is 11.3 Å². The molecule has 0 fully saturated rings. The van der Waals surface area contributed by atoms with Gasteiger partial charge in [0.25, 0.3) is 10.0 Å². The lowest BCUT2D eigenvalue weighted by atomic mass is 9.97. The molecule has 0 radical (unpaired) electrons. The van der Waals surface area contributed by atoms with Crippen LogP contribution < -0.4 is 10.0 Å². The van der Waals surface area contributed by atoms with E-state index in [0.717, 1.165) is 22.5 Å². The molecule has 0 bridgehead atoms. The summed E-state index contributed by atoms with van der Waals surface area (Å²) >= 11 is 1.03. The third kappa shape index (κ3) is 4.48. The Balaban J connectivity index is 2.17. The molecular formula is C17H20N2O5S2. The Morgan fingerprint density at radius 3 is 2.42 bits per heavy atom. The molecule has 0 aliphatic heterocycles. The van der Waals surface area contributed by atoms with E-state index in [2.05, 4.69) is 10.0 Å². The molecule has 1 heterocycles. The van der Waals surface area contributed by atoms with Crippen LogP contribution in [0.5, 0.6) is 0 Å². The second kappa shape index (κ2) is 7.98. The number of amides is 1. The first kappa shape index (κ1) is 20.1. The number of hydrogen-bond donors (Lipinski definition) is 3. The molecular weight excluding hydrogens is 376 g/mol. The highest BCUT2D eigenvalue weighted by Gasteiger charge is 2.28. The summed E-state index contributed by atoms with van der Waals surface area (Å²) in [5, 5.41) is 13.5. The molecule has 1 amide bonds. The van der Waals surface area contributed by atoms with Gasteiger partial charge in [-0.2, -0.15) is 4.72 Å². The van der Waals surface area contributed by atoms with E-state index in [0.29, 0.717) is 5.56 Å². The van der Waals surface area contributed by atoms with E-state index in [1.807, 2.05) is 13.0 Å². The maximum absolute atomic E-state index is 12.4. The predicted molar refractivity (Wildman–Crippen MR) is 98.5 cm³/mol. The summed E-state index contributed by atoms with van der Waals surface area (Å²) in [6.45, 7) is 4.98. The number of nitrogens with one attached hydrogen (secondary N) is 2. The molecule has 26 heavy (non-hydrogen) atoms. The molecule has 0 saturated carbocycles. The van der Waals surface area contributed by atoms with Crippen LogP contribution in [-0.2, 0) is 19.6 Å². The summed E-state index contributed by atoms with van der Waals surface area (Å²) in [5.41, 5.74) is 2.11. The Hall–Kier alpha value is -2.23. The van der Waals surface area contributed by atoms with Gasteiger partial charge in [-0.25, -0.2) is 13.2 Å². The molecule has 2 aromatic rings. The third-order valence-electron chi connectivity index (χ3n) is 3.98. The lowest BCUT2D eigenvalue weighted by Crippen LogP contribution is -2.47. The van der Waals surface area contributed by atoms with Crippen LogP contribution in [0.2, 0.25) is 0 Å². The van der Waals surface area contributed by atoms with E-state index in [1.54, 1.807) is 30.5 Å². The van der Waals surface area contributed by atoms with E-state index in [-0.39, 0.29) is 4.21 Å². The number of rotatable bonds is 7. The van der Waals surface area contributed by atoms with Crippen molar-refractivity contribution in [1.82, 2.24) is 10.0 Å². The molecule has 0 aliphatic rings. The maximum Gasteiger partial charge on any atom is 0.330 e. The van der Waals surface area contributed by atoms with E-state index >= 15 is 0 Å². The van der Waals surface area contributed by atoms with E-state index < -0.39 is 34.0 Å². The molecule has 2 unspecified atom stereocenters. The summed E-state index contributed by atoms with van der Waals surface area (Å²) in [7, 11) is -3.84. The molecule has 0 aliphatic carbocycles. The Bertz CT molecular complexity index is 907. The van der Waals surface area contributed by atoms with Gasteiger partial charge in [0, 0.05) is 0 Å². The highest BCUT2D eigenvalue weighted by molar-refractivity contribution is 7.91. The average molecular weight is 396 g/mol. The summed E-state index contributed by atoms with van der Waals surface area (Å²) in [6, 6.07) is 5.80. The van der Waals surface area contributed by atoms with Crippen LogP contribution in [0, 0.1) is 13.8 Å². The van der Waals surface area contributed by atoms with Gasteiger partial charge in [0.2, 0.25) is 5.91 Å². The maximum atomic E-state index is 12.4. The molecule has 1 aromatic carbocycles. The van der Waals surface area contributed by atoms with Gasteiger partial charge in [-0.05, 0) is 48.9 Å². The van der Waals surface area contributed by atoms with Crippen LogP contribution in [0.25, 0.3) is 0 Å². The van der Waals surface area contributed by atoms with Crippen molar-refractivity contribution >= 4 is 33.2 Å². The minimum absolute atomic E-state index is 0.0847. The van der Waals surface area contributed by atoms with E-state index in [4.69, 9.17) is 0 Å². The van der Waals surface area contributed by atoms with Gasteiger partial charge in [0.15, 0.2) is 6.04 Å². The van der Waals surface area contributed by atoms with Gasteiger partial charge < -0.3 is 10.4 Å². The molecule has 0 spiro atoms. The van der Waals surface area contributed by atoms with E-state index in [1.165, 1.54) is 13.0 Å². The number of sulfonamides is 1. The number of carboxylic acid groups (broad SMARTS) is 1. The van der Waals surface area contributed by atoms with Crippen molar-refractivity contribution in [2.45, 2.75) is 37.1 Å². The first-order chi connectivity index (χ1) is 12.1. The fraction of sp³-hybridized carbons (Fsp3) is 0.294. The number of benzene rings is 1. The van der Waals surface area contributed by atoms with Crippen molar-refractivity contribution in [3.05, 3.63) is 52.4 Å². The minimum Gasteiger partial charge on any atom is -0.479 e. The summed E-state index contributed by atoms with van der Waals surface area (Å²) in [5.74, 6) is -1.95. The van der Waals surface area contributed by atoms with Crippen molar-refractivity contribution in [3.63, 3.8) is 0 Å². The minimum atomic E-state index is -3.84. The third-order valence-corrected chi connectivity index (χ3v) is 6.91. The monoisotopic (exact) mass is 396 g/mol. The number of carbonyl (C=O) groups excluding carboxylic acids is 1. The summed E-state index contributed by atoms with van der Waals surface area (Å²) in [6.07, 6.45) is 0. The highest BCUT2D eigenvalue weighted by atomic mass is 32.2. The molecule has 1 aromatic heterocycles. The average Bonchev–Trinajstić information content (AvgIpc) is 3.10. The second-order valence-corrected chi connectivity index (χ2v) is 8.73. The highest BCUT2D eigenvalue weighted by Crippen LogP contribution is 2.21.